The van der Waals surface area contributed by atoms with E-state index in [4.69, 9.17) is 5.73 Å². The summed E-state index contributed by atoms with van der Waals surface area (Å²) in [6.45, 7) is 6.94. The number of aliphatic hydroxyl groups excluding tert-OH is 2. The number of aromatic nitrogens is 2. The topological polar surface area (TPSA) is 216 Å². The lowest BCUT2D eigenvalue weighted by atomic mass is 9.39. The molecule has 0 spiro atoms. The maximum absolute atomic E-state index is 14.1. The molecule has 1 aromatic carbocycles. The Morgan fingerprint density at radius 2 is 1.85 bits per heavy atom. The van der Waals surface area contributed by atoms with Gasteiger partial charge < -0.3 is 31.5 Å². The molecular formula is C28H34N4O8. The molecule has 1 heterocycles. The lowest BCUT2D eigenvalue weighted by Crippen LogP contribution is -2.79. The summed E-state index contributed by atoms with van der Waals surface area (Å²) < 4.78 is 0. The molecule has 40 heavy (non-hydrogen) atoms. The van der Waals surface area contributed by atoms with E-state index >= 15 is 0 Å². The zero-order valence-corrected chi connectivity index (χ0v) is 22.6. The van der Waals surface area contributed by atoms with Crippen LogP contribution in [0, 0.1) is 34.5 Å². The fraction of sp³-hybridized carbons (Fsp3) is 0.536. The fourth-order valence-corrected chi connectivity index (χ4v) is 8.20. The molecule has 2 fully saturated rings. The molecule has 1 aromatic heterocycles. The van der Waals surface area contributed by atoms with Gasteiger partial charge in [-0.05, 0) is 47.8 Å². The van der Waals surface area contributed by atoms with Gasteiger partial charge in [0.25, 0.3) is 5.91 Å². The van der Waals surface area contributed by atoms with Crippen LogP contribution in [0.4, 0.5) is 5.69 Å². The minimum Gasteiger partial charge on any atom is -0.505 e. The monoisotopic (exact) mass is 554 g/mol. The van der Waals surface area contributed by atoms with E-state index in [9.17, 15) is 39.6 Å². The average Bonchev–Trinajstić information content (AvgIpc) is 3.38. The number of aliphatic hydroxyl groups is 3. The predicted octanol–water partition coefficient (Wildman–Crippen LogP) is 0.548. The largest absolute Gasteiger partial charge is 0.505 e. The lowest BCUT2D eigenvalue weighted by Gasteiger charge is -2.66. The highest BCUT2D eigenvalue weighted by molar-refractivity contribution is 6.10. The summed E-state index contributed by atoms with van der Waals surface area (Å²) in [5.41, 5.74) is 0.903. The van der Waals surface area contributed by atoms with Crippen LogP contribution in [0.1, 0.15) is 60.5 Å². The van der Waals surface area contributed by atoms with E-state index in [1.807, 2.05) is 0 Å². The summed E-state index contributed by atoms with van der Waals surface area (Å²) in [4.78, 5) is 52.6. The second kappa shape index (κ2) is 8.95. The van der Waals surface area contributed by atoms with Gasteiger partial charge in [-0.15, -0.1) is 0 Å². The Kier molecular flexibility index (Phi) is 6.25. The maximum atomic E-state index is 14.1. The van der Waals surface area contributed by atoms with Gasteiger partial charge in [-0.1, -0.05) is 33.8 Å². The quantitative estimate of drug-likeness (QED) is 0.207. The Bertz CT molecular complexity index is 1420. The second-order valence-electron chi connectivity index (χ2n) is 12.4. The lowest BCUT2D eigenvalue weighted by molar-refractivity contribution is -0.265. The van der Waals surface area contributed by atoms with Gasteiger partial charge in [-0.2, -0.15) is 5.10 Å². The zero-order valence-electron chi connectivity index (χ0n) is 22.6. The number of rotatable bonds is 4. The summed E-state index contributed by atoms with van der Waals surface area (Å²) in [5.74, 6) is -8.33. The van der Waals surface area contributed by atoms with Crippen molar-refractivity contribution < 1.29 is 39.6 Å². The Balaban J connectivity index is 1.62. The Morgan fingerprint density at radius 3 is 2.42 bits per heavy atom. The average molecular weight is 555 g/mol. The van der Waals surface area contributed by atoms with E-state index in [2.05, 4.69) is 15.5 Å². The smallest absolute Gasteiger partial charge is 0.273 e. The molecule has 5 rings (SSSR count). The third kappa shape index (κ3) is 3.52. The second-order valence-corrected chi connectivity index (χ2v) is 12.4. The number of hydrogen-bond donors (Lipinski definition) is 7. The number of ketones is 2. The predicted molar refractivity (Wildman–Crippen MR) is 140 cm³/mol. The number of carbonyl (C=O) groups is 4. The van der Waals surface area contributed by atoms with Crippen LogP contribution in [0.2, 0.25) is 0 Å². The van der Waals surface area contributed by atoms with Gasteiger partial charge in [-0.25, -0.2) is 0 Å². The first kappa shape index (κ1) is 27.9. The van der Waals surface area contributed by atoms with Gasteiger partial charge in [0.1, 0.15) is 23.5 Å². The summed E-state index contributed by atoms with van der Waals surface area (Å²) in [5, 5.41) is 54.9. The molecule has 0 radical (unpaired) electrons. The molecule has 214 valence electrons. The van der Waals surface area contributed by atoms with E-state index in [1.54, 1.807) is 33.8 Å². The summed E-state index contributed by atoms with van der Waals surface area (Å²) in [6, 6.07) is 4.51. The first-order chi connectivity index (χ1) is 18.6. The number of nitrogens with one attached hydrogen (secondary N) is 2. The van der Waals surface area contributed by atoms with Crippen molar-refractivity contribution in [1.29, 1.82) is 0 Å². The standard InChI is InChI=1S/C28H34N4O8/c1-11(2)17-21(35)16(24(29)38)22(36)28(40)23(37)18-20(34)15-12(9-26(18,3)10-27(17,28)4)5-6-13(19(15)33)31-25(39)14-7-8-30-32-14/h5-8,11,16-18,21,23,33,35,37,40H,9-10H2,1-4H3,(H2,29,38)(H,30,32)(H,31,39)/t16-,17+,18-,21?,23?,26-,27-,28+/m1/s1. The van der Waals surface area contributed by atoms with Crippen molar-refractivity contribution in [2.45, 2.75) is 58.3 Å². The molecule has 2 amide bonds. The highest BCUT2D eigenvalue weighted by Crippen LogP contribution is 2.65. The molecule has 2 unspecified atom stereocenters. The van der Waals surface area contributed by atoms with Crippen LogP contribution in [0.25, 0.3) is 0 Å². The molecule has 0 bridgehead atoms. The number of nitrogens with two attached hydrogens (primary N) is 1. The minimum atomic E-state index is -2.58. The van der Waals surface area contributed by atoms with Gasteiger partial charge in [0.2, 0.25) is 5.91 Å². The Morgan fingerprint density at radius 1 is 1.18 bits per heavy atom. The van der Waals surface area contributed by atoms with Crippen molar-refractivity contribution in [3.63, 3.8) is 0 Å². The van der Waals surface area contributed by atoms with Crippen molar-refractivity contribution in [2.75, 3.05) is 5.32 Å². The number of phenolic OH excluding ortho intramolecular Hbond substituents is 1. The highest BCUT2D eigenvalue weighted by Gasteiger charge is 2.75. The normalized spacial score (nSPS) is 37.0. The number of H-pyrrole nitrogens is 1. The number of Topliss-reactive ketones (excluding diaryl/α,β-unsaturated/α-hetero) is 2. The van der Waals surface area contributed by atoms with Gasteiger partial charge >= 0.3 is 0 Å². The van der Waals surface area contributed by atoms with Crippen molar-refractivity contribution in [2.24, 2.45) is 40.2 Å². The number of aromatic hydroxyl groups is 1. The molecule has 12 heteroatoms. The minimum absolute atomic E-state index is 0.0466. The number of carbonyl (C=O) groups excluding carboxylic acids is 4. The summed E-state index contributed by atoms with van der Waals surface area (Å²) in [7, 11) is 0. The van der Waals surface area contributed by atoms with Crippen LogP contribution < -0.4 is 11.1 Å². The van der Waals surface area contributed by atoms with Gasteiger partial charge in [0.05, 0.1) is 23.3 Å². The van der Waals surface area contributed by atoms with Crippen LogP contribution >= 0.6 is 0 Å². The third-order valence-corrected chi connectivity index (χ3v) is 9.65. The number of amides is 2. The SMILES string of the molecule is CC(C)[C@H]1C(O)[C@@H](C(N)=O)C(=O)[C@]2(O)C(O)[C@H]3C(=O)c4c(ccc(NC(=O)c5ccn[nH]5)c4O)C[C@]3(C)C[C@]12C. The number of nitrogens with zero attached hydrogens (tertiary/aromatic N) is 1. The van der Waals surface area contributed by atoms with E-state index in [0.717, 1.165) is 0 Å². The molecule has 2 saturated carbocycles. The van der Waals surface area contributed by atoms with E-state index in [1.165, 1.54) is 18.3 Å². The number of fused-ring (bicyclic) bond motifs is 3. The van der Waals surface area contributed by atoms with Crippen molar-refractivity contribution in [3.8, 4) is 5.75 Å². The third-order valence-electron chi connectivity index (χ3n) is 9.65. The van der Waals surface area contributed by atoms with Crippen LogP contribution in [0.15, 0.2) is 24.4 Å². The first-order valence-electron chi connectivity index (χ1n) is 13.2. The first-order valence-corrected chi connectivity index (χ1v) is 13.2. The van der Waals surface area contributed by atoms with Crippen LogP contribution in [-0.2, 0) is 16.0 Å². The van der Waals surface area contributed by atoms with Gasteiger partial charge in [0.15, 0.2) is 17.2 Å². The number of phenols is 1. The zero-order chi connectivity index (χ0) is 29.5. The number of aromatic amines is 1. The van der Waals surface area contributed by atoms with Crippen LogP contribution in [0.5, 0.6) is 5.75 Å². The summed E-state index contributed by atoms with van der Waals surface area (Å²) in [6.07, 6.45) is -1.83. The van der Waals surface area contributed by atoms with E-state index < -0.39 is 75.5 Å². The van der Waals surface area contributed by atoms with Crippen LogP contribution in [0.3, 0.4) is 0 Å². The van der Waals surface area contributed by atoms with Gasteiger partial charge in [-0.3, -0.25) is 24.3 Å². The number of anilines is 1. The highest BCUT2D eigenvalue weighted by atomic mass is 16.4. The maximum Gasteiger partial charge on any atom is 0.273 e. The Hall–Kier alpha value is -3.61. The summed E-state index contributed by atoms with van der Waals surface area (Å²) >= 11 is 0. The van der Waals surface area contributed by atoms with Crippen molar-refractivity contribution in [1.82, 2.24) is 10.2 Å². The molecule has 3 aliphatic rings. The van der Waals surface area contributed by atoms with Crippen molar-refractivity contribution >= 4 is 29.1 Å². The molecule has 3 aliphatic carbocycles. The molecule has 0 saturated heterocycles. The number of hydrogen-bond acceptors (Lipinski definition) is 9. The molecule has 8 N–H and O–H groups in total. The van der Waals surface area contributed by atoms with Crippen molar-refractivity contribution in [3.05, 3.63) is 41.2 Å². The fourth-order valence-electron chi connectivity index (χ4n) is 8.20. The molecule has 12 nitrogen and oxygen atoms in total. The Labute approximate surface area is 230 Å². The van der Waals surface area contributed by atoms with E-state index in [0.29, 0.717) is 5.56 Å². The molecule has 0 aliphatic heterocycles. The van der Waals surface area contributed by atoms with Crippen LogP contribution in [-0.4, -0.2) is 71.8 Å². The number of primary amides is 1. The molecule has 2 aromatic rings. The molecule has 8 atom stereocenters. The number of benzene rings is 1. The van der Waals surface area contributed by atoms with Gasteiger partial charge in [0, 0.05) is 11.6 Å². The van der Waals surface area contributed by atoms with E-state index in [-0.39, 0.29) is 35.7 Å². The molecular weight excluding hydrogens is 520 g/mol.